The van der Waals surface area contributed by atoms with Crippen LogP contribution in [-0.4, -0.2) is 26.5 Å². The molecule has 2 aliphatic rings. The summed E-state index contributed by atoms with van der Waals surface area (Å²) in [6, 6.07) is 0. The molecule has 1 amide bonds. The molecule has 25 heavy (non-hydrogen) atoms. The molecular weight excluding hydrogens is 358 g/mol. The summed E-state index contributed by atoms with van der Waals surface area (Å²) in [4.78, 5) is 32.5. The molecule has 0 bridgehead atoms. The van der Waals surface area contributed by atoms with Gasteiger partial charge in [-0.2, -0.15) is 0 Å². The molecule has 4 rings (SSSR count). The van der Waals surface area contributed by atoms with E-state index in [1.807, 2.05) is 0 Å². The SMILES string of the molecule is O=C(SNS)c1c[nH]c2ncc3c(c12)NC1(CCCCCC1)C(=O)N3. The van der Waals surface area contributed by atoms with Crippen LogP contribution in [0.3, 0.4) is 0 Å². The second kappa shape index (κ2) is 6.54. The first kappa shape index (κ1) is 16.7. The molecule has 0 unspecified atom stereocenters. The van der Waals surface area contributed by atoms with Crippen LogP contribution in [0.5, 0.6) is 0 Å². The summed E-state index contributed by atoms with van der Waals surface area (Å²) in [5, 5.41) is 7.05. The third kappa shape index (κ3) is 2.80. The lowest BCUT2D eigenvalue weighted by Gasteiger charge is -2.38. The van der Waals surface area contributed by atoms with Crippen LogP contribution in [-0.2, 0) is 4.79 Å². The Labute approximate surface area is 154 Å². The topological polar surface area (TPSA) is 98.9 Å². The number of hydrogen-bond acceptors (Lipinski definition) is 7. The minimum absolute atomic E-state index is 0.00198. The van der Waals surface area contributed by atoms with E-state index in [1.54, 1.807) is 12.4 Å². The summed E-state index contributed by atoms with van der Waals surface area (Å²) in [5.74, 6) is -0.00198. The van der Waals surface area contributed by atoms with E-state index in [0.717, 1.165) is 56.2 Å². The van der Waals surface area contributed by atoms with Crippen LogP contribution in [0, 0.1) is 0 Å². The van der Waals surface area contributed by atoms with E-state index in [4.69, 9.17) is 0 Å². The Morgan fingerprint density at radius 1 is 1.28 bits per heavy atom. The molecule has 1 aliphatic heterocycles. The van der Waals surface area contributed by atoms with Gasteiger partial charge in [0.2, 0.25) is 11.0 Å². The Kier molecular flexibility index (Phi) is 4.38. The second-order valence-electron chi connectivity index (χ2n) is 6.53. The fourth-order valence-electron chi connectivity index (χ4n) is 3.80. The lowest BCUT2D eigenvalue weighted by Crippen LogP contribution is -2.52. The van der Waals surface area contributed by atoms with Crippen LogP contribution in [0.25, 0.3) is 11.0 Å². The van der Waals surface area contributed by atoms with E-state index in [2.05, 4.69) is 37.5 Å². The average molecular weight is 377 g/mol. The summed E-state index contributed by atoms with van der Waals surface area (Å²) < 4.78 is 2.51. The third-order valence-corrected chi connectivity index (χ3v) is 5.83. The highest BCUT2D eigenvalue weighted by atomic mass is 32.2. The van der Waals surface area contributed by atoms with Gasteiger partial charge in [-0.1, -0.05) is 38.5 Å². The van der Waals surface area contributed by atoms with Crippen LogP contribution in [0.4, 0.5) is 11.4 Å². The zero-order valence-corrected chi connectivity index (χ0v) is 15.2. The lowest BCUT2D eigenvalue weighted by molar-refractivity contribution is -0.121. The Bertz CT molecular complexity index is 842. The van der Waals surface area contributed by atoms with E-state index in [1.165, 1.54) is 0 Å². The normalized spacial score (nSPS) is 19.2. The van der Waals surface area contributed by atoms with Crippen molar-refractivity contribution in [1.29, 1.82) is 0 Å². The molecule has 0 saturated heterocycles. The van der Waals surface area contributed by atoms with Crippen LogP contribution in [0.1, 0.15) is 48.9 Å². The number of anilines is 2. The molecule has 7 nitrogen and oxygen atoms in total. The monoisotopic (exact) mass is 377 g/mol. The molecule has 1 fully saturated rings. The maximum absolute atomic E-state index is 12.8. The standard InChI is InChI=1S/C16H19N5O2S2/c22-14(25-21-24)9-7-17-13-11(9)12-10(8-18-13)19-15(23)16(20-12)5-3-1-2-4-6-16/h7-8,20-21,24H,1-6H2,(H,17,18)(H,19,23). The van der Waals surface area contributed by atoms with Gasteiger partial charge in [0.05, 0.1) is 28.5 Å². The number of carbonyl (C=O) groups is 2. The van der Waals surface area contributed by atoms with Gasteiger partial charge in [0.15, 0.2) is 0 Å². The maximum atomic E-state index is 12.8. The number of nitrogens with one attached hydrogen (secondary N) is 4. The van der Waals surface area contributed by atoms with Gasteiger partial charge >= 0.3 is 0 Å². The molecule has 0 atom stereocenters. The van der Waals surface area contributed by atoms with Crippen LogP contribution >= 0.6 is 24.8 Å². The van der Waals surface area contributed by atoms with Crippen molar-refractivity contribution in [3.05, 3.63) is 18.0 Å². The van der Waals surface area contributed by atoms with Crippen molar-refractivity contribution in [2.45, 2.75) is 44.1 Å². The number of hydrogen-bond donors (Lipinski definition) is 5. The molecule has 0 aromatic carbocycles. The molecule has 1 spiro atoms. The largest absolute Gasteiger partial charge is 0.369 e. The predicted molar refractivity (Wildman–Crippen MR) is 103 cm³/mol. The van der Waals surface area contributed by atoms with Crippen molar-refractivity contribution in [2.24, 2.45) is 0 Å². The van der Waals surface area contributed by atoms with Gasteiger partial charge in [0, 0.05) is 18.1 Å². The van der Waals surface area contributed by atoms with Crippen molar-refractivity contribution < 1.29 is 9.59 Å². The van der Waals surface area contributed by atoms with E-state index < -0.39 is 5.54 Å². The van der Waals surface area contributed by atoms with Gasteiger partial charge in [-0.15, -0.1) is 0 Å². The molecule has 2 aromatic heterocycles. The molecular formula is C16H19N5O2S2. The van der Waals surface area contributed by atoms with Crippen molar-refractivity contribution in [1.82, 2.24) is 14.1 Å². The quantitative estimate of drug-likeness (QED) is 0.407. The highest BCUT2D eigenvalue weighted by Crippen LogP contribution is 2.42. The van der Waals surface area contributed by atoms with Gasteiger partial charge in [0.1, 0.15) is 11.2 Å². The molecule has 3 heterocycles. The molecule has 0 radical (unpaired) electrons. The van der Waals surface area contributed by atoms with E-state index in [0.29, 0.717) is 22.3 Å². The van der Waals surface area contributed by atoms with E-state index in [-0.39, 0.29) is 11.0 Å². The molecule has 1 aliphatic carbocycles. The number of thiol groups is 1. The van der Waals surface area contributed by atoms with Gasteiger partial charge < -0.3 is 15.6 Å². The lowest BCUT2D eigenvalue weighted by atomic mass is 9.86. The fraction of sp³-hybridized carbons (Fsp3) is 0.438. The second-order valence-corrected chi connectivity index (χ2v) is 7.83. The van der Waals surface area contributed by atoms with Crippen LogP contribution in [0.2, 0.25) is 0 Å². The van der Waals surface area contributed by atoms with Gasteiger partial charge in [-0.05, 0) is 12.8 Å². The minimum Gasteiger partial charge on any atom is -0.369 e. The molecule has 2 aromatic rings. The van der Waals surface area contributed by atoms with Crippen LogP contribution < -0.4 is 14.8 Å². The Morgan fingerprint density at radius 2 is 2.04 bits per heavy atom. The Hall–Kier alpha value is -1.71. The minimum atomic E-state index is -0.607. The summed E-state index contributed by atoms with van der Waals surface area (Å²) in [7, 11) is 0. The molecule has 1 saturated carbocycles. The van der Waals surface area contributed by atoms with Crippen molar-refractivity contribution in [2.75, 3.05) is 10.6 Å². The molecule has 132 valence electrons. The number of aromatic nitrogens is 2. The third-order valence-electron chi connectivity index (χ3n) is 5.06. The van der Waals surface area contributed by atoms with Crippen LogP contribution in [0.15, 0.2) is 12.4 Å². The predicted octanol–water partition coefficient (Wildman–Crippen LogP) is 3.24. The zero-order chi connectivity index (χ0) is 17.4. The zero-order valence-electron chi connectivity index (χ0n) is 13.5. The Balaban J connectivity index is 1.83. The number of aromatic amines is 1. The average Bonchev–Trinajstić information content (AvgIpc) is 2.90. The van der Waals surface area contributed by atoms with Crippen molar-refractivity contribution >= 4 is 58.2 Å². The van der Waals surface area contributed by atoms with E-state index >= 15 is 0 Å². The summed E-state index contributed by atoms with van der Waals surface area (Å²) in [5.41, 5.74) is 1.91. The molecule has 4 N–H and O–H groups in total. The highest BCUT2D eigenvalue weighted by molar-refractivity contribution is 8.17. The number of H-pyrrole nitrogens is 1. The first-order valence-electron chi connectivity index (χ1n) is 8.35. The first-order valence-corrected chi connectivity index (χ1v) is 9.61. The molecule has 9 heteroatoms. The fourth-order valence-corrected chi connectivity index (χ4v) is 4.40. The number of fused-ring (bicyclic) bond motifs is 3. The van der Waals surface area contributed by atoms with Gasteiger partial charge in [0.25, 0.3) is 0 Å². The number of amides is 1. The number of pyridine rings is 1. The summed E-state index contributed by atoms with van der Waals surface area (Å²) in [6.45, 7) is 0. The Morgan fingerprint density at radius 3 is 2.76 bits per heavy atom. The van der Waals surface area contributed by atoms with Gasteiger partial charge in [-0.3, -0.25) is 9.59 Å². The number of rotatable bonds is 2. The summed E-state index contributed by atoms with van der Waals surface area (Å²) >= 11 is 4.78. The van der Waals surface area contributed by atoms with Gasteiger partial charge in [-0.25, -0.2) is 9.11 Å². The van der Waals surface area contributed by atoms with Crippen molar-refractivity contribution in [3.63, 3.8) is 0 Å². The first-order chi connectivity index (χ1) is 12.1. The smallest absolute Gasteiger partial charge is 0.250 e. The van der Waals surface area contributed by atoms with E-state index in [9.17, 15) is 9.59 Å². The number of carbonyl (C=O) groups excluding carboxylic acids is 2. The highest BCUT2D eigenvalue weighted by Gasteiger charge is 2.43. The van der Waals surface area contributed by atoms with Crippen molar-refractivity contribution in [3.8, 4) is 0 Å². The summed E-state index contributed by atoms with van der Waals surface area (Å²) in [6.07, 6.45) is 9.19. The maximum Gasteiger partial charge on any atom is 0.250 e. The number of nitrogens with zero attached hydrogens (tertiary/aromatic N) is 1.